The number of carbonyl (C=O) groups excluding carboxylic acids is 2. The second-order valence-corrected chi connectivity index (χ2v) is 9.27. The summed E-state index contributed by atoms with van der Waals surface area (Å²) in [5, 5.41) is 3.03. The topological polar surface area (TPSA) is 88.8 Å². The lowest BCUT2D eigenvalue weighted by Crippen LogP contribution is -2.31. The fourth-order valence-electron chi connectivity index (χ4n) is 4.44. The molecule has 4 rings (SSSR count). The van der Waals surface area contributed by atoms with Gasteiger partial charge in [0, 0.05) is 18.1 Å². The Kier molecular flexibility index (Phi) is 7.65. The molecule has 37 heavy (non-hydrogen) atoms. The van der Waals surface area contributed by atoms with Crippen molar-refractivity contribution in [3.8, 4) is 0 Å². The molecule has 2 aromatic carbocycles. The Bertz CT molecular complexity index is 1420. The summed E-state index contributed by atoms with van der Waals surface area (Å²) < 4.78 is 22.5. The number of methoxy groups -OCH3 is 1. The van der Waals surface area contributed by atoms with E-state index in [0.29, 0.717) is 28.5 Å². The van der Waals surface area contributed by atoms with E-state index in [-0.39, 0.29) is 33.9 Å². The van der Waals surface area contributed by atoms with Crippen LogP contribution in [0, 0.1) is 5.82 Å². The number of rotatable bonds is 8. The number of anilines is 1. The SMILES string of the molecule is CN=CC(OC)=C(NC=O)c1nc2c(n1C(C)C)C(c1ccc(Cl)cc1)N(c1cccc(Cl)c1F)C2=O. The van der Waals surface area contributed by atoms with E-state index < -0.39 is 17.8 Å². The van der Waals surface area contributed by atoms with E-state index in [0.717, 1.165) is 0 Å². The van der Waals surface area contributed by atoms with Crippen LogP contribution in [0.15, 0.2) is 53.2 Å². The van der Waals surface area contributed by atoms with Gasteiger partial charge in [0.2, 0.25) is 6.41 Å². The Morgan fingerprint density at radius 3 is 2.51 bits per heavy atom. The monoisotopic (exact) mass is 543 g/mol. The van der Waals surface area contributed by atoms with E-state index in [2.05, 4.69) is 15.3 Å². The van der Waals surface area contributed by atoms with Gasteiger partial charge in [-0.1, -0.05) is 41.4 Å². The minimum Gasteiger partial charge on any atom is -0.493 e. The van der Waals surface area contributed by atoms with Crippen molar-refractivity contribution in [2.24, 2.45) is 4.99 Å². The lowest BCUT2D eigenvalue weighted by atomic mass is 10.0. The van der Waals surface area contributed by atoms with Crippen molar-refractivity contribution < 1.29 is 18.7 Å². The first kappa shape index (κ1) is 26.4. The molecule has 8 nitrogen and oxygen atoms in total. The average Bonchev–Trinajstić information content (AvgIpc) is 3.39. The molecule has 3 aromatic rings. The molecule has 0 bridgehead atoms. The van der Waals surface area contributed by atoms with Crippen LogP contribution in [0.1, 0.15) is 53.5 Å². The Morgan fingerprint density at radius 1 is 1.22 bits per heavy atom. The van der Waals surface area contributed by atoms with Crippen LogP contribution >= 0.6 is 23.2 Å². The number of fused-ring (bicyclic) bond motifs is 1. The summed E-state index contributed by atoms with van der Waals surface area (Å²) in [6.45, 7) is 3.83. The van der Waals surface area contributed by atoms with E-state index in [1.54, 1.807) is 37.4 Å². The zero-order valence-corrected chi connectivity index (χ0v) is 22.0. The van der Waals surface area contributed by atoms with Crippen molar-refractivity contribution in [3.63, 3.8) is 0 Å². The molecular formula is C26H24Cl2FN5O3. The fraction of sp³-hybridized carbons (Fsp3) is 0.231. The van der Waals surface area contributed by atoms with Crippen LogP contribution in [0.3, 0.4) is 0 Å². The second-order valence-electron chi connectivity index (χ2n) is 8.43. The number of imidazole rings is 1. The molecule has 0 saturated heterocycles. The number of nitrogens with zero attached hydrogens (tertiary/aromatic N) is 4. The number of aliphatic imine (C=N–C) groups is 1. The van der Waals surface area contributed by atoms with E-state index in [1.807, 2.05) is 18.4 Å². The number of amides is 2. The first-order valence-electron chi connectivity index (χ1n) is 11.3. The van der Waals surface area contributed by atoms with E-state index in [9.17, 15) is 9.59 Å². The molecule has 1 unspecified atom stereocenters. The van der Waals surface area contributed by atoms with Crippen LogP contribution in [-0.4, -0.2) is 42.2 Å². The second kappa shape index (κ2) is 10.7. The van der Waals surface area contributed by atoms with Gasteiger partial charge in [-0.2, -0.15) is 0 Å². The smallest absolute Gasteiger partial charge is 0.279 e. The summed E-state index contributed by atoms with van der Waals surface area (Å²) in [5.41, 5.74) is 1.56. The molecule has 11 heteroatoms. The van der Waals surface area contributed by atoms with Crippen molar-refractivity contribution in [2.75, 3.05) is 19.1 Å². The van der Waals surface area contributed by atoms with Gasteiger partial charge in [0.15, 0.2) is 23.1 Å². The highest BCUT2D eigenvalue weighted by Crippen LogP contribution is 2.45. The van der Waals surface area contributed by atoms with Crippen LogP contribution in [0.2, 0.25) is 10.0 Å². The number of nitrogens with one attached hydrogen (secondary N) is 1. The van der Waals surface area contributed by atoms with Crippen LogP contribution in [0.5, 0.6) is 0 Å². The van der Waals surface area contributed by atoms with Crippen molar-refractivity contribution >= 4 is 53.1 Å². The normalized spacial score (nSPS) is 15.8. The third-order valence-electron chi connectivity index (χ3n) is 5.92. The molecule has 1 atom stereocenters. The minimum absolute atomic E-state index is 0.0183. The maximum Gasteiger partial charge on any atom is 0.279 e. The number of hydrogen-bond acceptors (Lipinski definition) is 5. The number of hydrogen-bond donors (Lipinski definition) is 1. The number of halogens is 3. The van der Waals surface area contributed by atoms with Crippen molar-refractivity contribution in [1.29, 1.82) is 0 Å². The third-order valence-corrected chi connectivity index (χ3v) is 6.46. The Balaban J connectivity index is 2.06. The Hall–Kier alpha value is -3.69. The van der Waals surface area contributed by atoms with Gasteiger partial charge >= 0.3 is 0 Å². The maximum absolute atomic E-state index is 15.3. The van der Waals surface area contributed by atoms with Gasteiger partial charge in [-0.15, -0.1) is 0 Å². The highest BCUT2D eigenvalue weighted by Gasteiger charge is 2.46. The van der Waals surface area contributed by atoms with Gasteiger partial charge in [0.05, 0.1) is 29.7 Å². The van der Waals surface area contributed by atoms with E-state index in [4.69, 9.17) is 27.9 Å². The number of ether oxygens (including phenoxy) is 1. The molecule has 2 heterocycles. The third kappa shape index (κ3) is 4.60. The van der Waals surface area contributed by atoms with Crippen LogP contribution in [0.25, 0.3) is 5.70 Å². The molecule has 0 aliphatic carbocycles. The molecule has 1 N–H and O–H groups in total. The maximum atomic E-state index is 15.3. The highest BCUT2D eigenvalue weighted by molar-refractivity contribution is 6.31. The average molecular weight is 544 g/mol. The summed E-state index contributed by atoms with van der Waals surface area (Å²) in [4.78, 5) is 35.4. The molecule has 1 aliphatic heterocycles. The van der Waals surface area contributed by atoms with Crippen LogP contribution in [-0.2, 0) is 9.53 Å². The van der Waals surface area contributed by atoms with Crippen molar-refractivity contribution in [3.05, 3.63) is 86.9 Å². The molecule has 0 saturated carbocycles. The van der Waals surface area contributed by atoms with Gasteiger partial charge in [-0.25, -0.2) is 9.37 Å². The van der Waals surface area contributed by atoms with E-state index >= 15 is 4.39 Å². The van der Waals surface area contributed by atoms with Gasteiger partial charge in [-0.3, -0.25) is 19.5 Å². The molecule has 192 valence electrons. The van der Waals surface area contributed by atoms with E-state index in [1.165, 1.54) is 30.4 Å². The molecule has 1 aliphatic rings. The van der Waals surface area contributed by atoms with Crippen LogP contribution in [0.4, 0.5) is 10.1 Å². The Labute approximate surface area is 223 Å². The van der Waals surface area contributed by atoms with Crippen molar-refractivity contribution in [2.45, 2.75) is 25.9 Å². The summed E-state index contributed by atoms with van der Waals surface area (Å²) >= 11 is 12.2. The number of benzene rings is 2. The molecular weight excluding hydrogens is 520 g/mol. The zero-order chi connectivity index (χ0) is 26.9. The zero-order valence-electron chi connectivity index (χ0n) is 20.5. The molecule has 1 aromatic heterocycles. The summed E-state index contributed by atoms with van der Waals surface area (Å²) in [6, 6.07) is 10.4. The summed E-state index contributed by atoms with van der Waals surface area (Å²) in [5.74, 6) is -0.705. The largest absolute Gasteiger partial charge is 0.493 e. The summed E-state index contributed by atoms with van der Waals surface area (Å²) in [6.07, 6.45) is 1.93. The van der Waals surface area contributed by atoms with Gasteiger partial charge < -0.3 is 14.6 Å². The van der Waals surface area contributed by atoms with Gasteiger partial charge in [0.25, 0.3) is 5.91 Å². The molecule has 2 amide bonds. The van der Waals surface area contributed by atoms with Gasteiger partial charge in [0.1, 0.15) is 11.7 Å². The lowest BCUT2D eigenvalue weighted by molar-refractivity contribution is -0.108. The quantitative estimate of drug-likeness (QED) is 0.233. The minimum atomic E-state index is -0.764. The lowest BCUT2D eigenvalue weighted by Gasteiger charge is -2.29. The first-order chi connectivity index (χ1) is 17.7. The Morgan fingerprint density at radius 2 is 1.92 bits per heavy atom. The predicted molar refractivity (Wildman–Crippen MR) is 142 cm³/mol. The van der Waals surface area contributed by atoms with Crippen LogP contribution < -0.4 is 10.2 Å². The number of aromatic nitrogens is 2. The highest BCUT2D eigenvalue weighted by atomic mass is 35.5. The first-order valence-corrected chi connectivity index (χ1v) is 12.1. The number of allylic oxidation sites excluding steroid dienone is 1. The predicted octanol–water partition coefficient (Wildman–Crippen LogP) is 5.42. The van der Waals surface area contributed by atoms with Crippen molar-refractivity contribution in [1.82, 2.24) is 14.9 Å². The fourth-order valence-corrected chi connectivity index (χ4v) is 4.73. The summed E-state index contributed by atoms with van der Waals surface area (Å²) in [7, 11) is 3.00. The molecule has 0 fully saturated rings. The number of carbonyl (C=O) groups is 2. The molecule has 0 spiro atoms. The van der Waals surface area contributed by atoms with Gasteiger partial charge in [-0.05, 0) is 43.7 Å². The molecule has 0 radical (unpaired) electrons. The standard InChI is InChI=1S/C26H24Cl2FN5O3/c1-14(2)33-24-22(32-25(33)21(31-13-35)19(37-4)12-30-3)26(36)34(18-7-5-6-17(28)20(18)29)23(24)15-8-10-16(27)11-9-15/h5-14,23H,1-4H3,(H,31,35).